The van der Waals surface area contributed by atoms with Crippen LogP contribution < -0.4 is 24.4 Å². The molecule has 168 valence electrons. The second-order valence-corrected chi connectivity index (χ2v) is 8.48. The second kappa shape index (κ2) is 8.78. The van der Waals surface area contributed by atoms with E-state index in [0.29, 0.717) is 34.5 Å². The number of para-hydroxylation sites is 2. The lowest BCUT2D eigenvalue weighted by Gasteiger charge is -2.38. The second-order valence-electron chi connectivity index (χ2n) is 8.07. The highest BCUT2D eigenvalue weighted by molar-refractivity contribution is 6.34. The van der Waals surface area contributed by atoms with Crippen LogP contribution in [0.4, 0.5) is 11.4 Å². The fourth-order valence-corrected chi connectivity index (χ4v) is 4.48. The van der Waals surface area contributed by atoms with Crippen molar-refractivity contribution in [2.75, 3.05) is 43.2 Å². The standard InChI is InChI=1S/C23H24ClN3O5/c24-15-10-19-20(31-14-30-19)11-16(15)25-22(28)13-27-12-21(23(29)26-8-4-1-5-9-26)32-18-7-3-2-6-17(18)27/h2-3,6-7,10-11,21H,1,4-5,8-9,12-14H2,(H,25,28)/t21-/m1/s1. The molecule has 0 saturated carbocycles. The van der Waals surface area contributed by atoms with E-state index in [2.05, 4.69) is 5.32 Å². The lowest BCUT2D eigenvalue weighted by atomic mass is 10.1. The number of nitrogens with zero attached hydrogens (tertiary/aromatic N) is 2. The van der Waals surface area contributed by atoms with Crippen molar-refractivity contribution in [3.63, 3.8) is 0 Å². The minimum atomic E-state index is -0.648. The monoisotopic (exact) mass is 457 g/mol. The number of hydrogen-bond acceptors (Lipinski definition) is 6. The van der Waals surface area contributed by atoms with Crippen LogP contribution in [0.2, 0.25) is 5.02 Å². The summed E-state index contributed by atoms with van der Waals surface area (Å²) >= 11 is 6.29. The van der Waals surface area contributed by atoms with Crippen LogP contribution in [0.1, 0.15) is 19.3 Å². The molecule has 32 heavy (non-hydrogen) atoms. The lowest BCUT2D eigenvalue weighted by molar-refractivity contribution is -0.139. The summed E-state index contributed by atoms with van der Waals surface area (Å²) < 4.78 is 16.7. The van der Waals surface area contributed by atoms with Gasteiger partial charge in [-0.25, -0.2) is 0 Å². The molecule has 0 bridgehead atoms. The van der Waals surface area contributed by atoms with Crippen molar-refractivity contribution in [2.24, 2.45) is 0 Å². The summed E-state index contributed by atoms with van der Waals surface area (Å²) in [6, 6.07) is 10.7. The molecule has 1 saturated heterocycles. The van der Waals surface area contributed by atoms with Gasteiger partial charge in [-0.05, 0) is 31.4 Å². The maximum absolute atomic E-state index is 13.1. The highest BCUT2D eigenvalue weighted by atomic mass is 35.5. The number of benzene rings is 2. The van der Waals surface area contributed by atoms with E-state index < -0.39 is 6.10 Å². The first-order valence-electron chi connectivity index (χ1n) is 10.8. The molecule has 0 unspecified atom stereocenters. The number of nitrogens with one attached hydrogen (secondary N) is 1. The predicted molar refractivity (Wildman–Crippen MR) is 120 cm³/mol. The van der Waals surface area contributed by atoms with Gasteiger partial charge in [-0.3, -0.25) is 9.59 Å². The van der Waals surface area contributed by atoms with Crippen LogP contribution in [0.3, 0.4) is 0 Å². The Hall–Kier alpha value is -3.13. The number of fused-ring (bicyclic) bond motifs is 2. The van der Waals surface area contributed by atoms with Gasteiger partial charge in [0.25, 0.3) is 5.91 Å². The van der Waals surface area contributed by atoms with E-state index in [-0.39, 0.29) is 25.2 Å². The summed E-state index contributed by atoms with van der Waals surface area (Å²) in [4.78, 5) is 29.7. The molecule has 1 N–H and O–H groups in total. The fraction of sp³-hybridized carbons (Fsp3) is 0.391. The highest BCUT2D eigenvalue weighted by Crippen LogP contribution is 2.39. The zero-order chi connectivity index (χ0) is 22.1. The smallest absolute Gasteiger partial charge is 0.265 e. The first-order chi connectivity index (χ1) is 15.6. The number of carbonyl (C=O) groups is 2. The number of likely N-dealkylation sites (tertiary alicyclic amines) is 1. The zero-order valence-electron chi connectivity index (χ0n) is 17.5. The van der Waals surface area contributed by atoms with Crippen molar-refractivity contribution in [1.29, 1.82) is 0 Å². The third-order valence-electron chi connectivity index (χ3n) is 5.88. The number of ether oxygens (including phenoxy) is 3. The minimum Gasteiger partial charge on any atom is -0.477 e. The van der Waals surface area contributed by atoms with E-state index >= 15 is 0 Å². The molecule has 0 radical (unpaired) electrons. The number of piperidine rings is 1. The van der Waals surface area contributed by atoms with Gasteiger partial charge in [-0.1, -0.05) is 23.7 Å². The molecular weight excluding hydrogens is 434 g/mol. The molecule has 0 spiro atoms. The molecule has 9 heteroatoms. The highest BCUT2D eigenvalue weighted by Gasteiger charge is 2.34. The van der Waals surface area contributed by atoms with Crippen LogP contribution in [0.5, 0.6) is 17.2 Å². The van der Waals surface area contributed by atoms with Gasteiger partial charge in [0.2, 0.25) is 12.7 Å². The molecule has 2 amide bonds. The van der Waals surface area contributed by atoms with Crippen LogP contribution in [-0.2, 0) is 9.59 Å². The maximum Gasteiger partial charge on any atom is 0.265 e. The summed E-state index contributed by atoms with van der Waals surface area (Å²) in [7, 11) is 0. The largest absolute Gasteiger partial charge is 0.477 e. The summed E-state index contributed by atoms with van der Waals surface area (Å²) in [6.07, 6.45) is 2.52. The van der Waals surface area contributed by atoms with Gasteiger partial charge in [0.15, 0.2) is 17.6 Å². The quantitative estimate of drug-likeness (QED) is 0.759. The molecule has 2 aromatic carbocycles. The maximum atomic E-state index is 13.1. The van der Waals surface area contributed by atoms with Gasteiger partial charge < -0.3 is 29.3 Å². The van der Waals surface area contributed by atoms with Crippen molar-refractivity contribution in [3.05, 3.63) is 41.4 Å². The minimum absolute atomic E-state index is 0.0246. The lowest BCUT2D eigenvalue weighted by Crippen LogP contribution is -2.52. The predicted octanol–water partition coefficient (Wildman–Crippen LogP) is 3.29. The summed E-state index contributed by atoms with van der Waals surface area (Å²) in [5, 5.41) is 3.21. The Morgan fingerprint density at radius 3 is 2.59 bits per heavy atom. The third kappa shape index (κ3) is 4.14. The van der Waals surface area contributed by atoms with E-state index in [9.17, 15) is 9.59 Å². The Balaban J connectivity index is 1.31. The van der Waals surface area contributed by atoms with Crippen molar-refractivity contribution < 1.29 is 23.8 Å². The van der Waals surface area contributed by atoms with Gasteiger partial charge in [-0.15, -0.1) is 0 Å². The van der Waals surface area contributed by atoms with Crippen molar-refractivity contribution in [1.82, 2.24) is 4.90 Å². The SMILES string of the molecule is O=C(CN1C[C@H](C(=O)N2CCCCC2)Oc2ccccc21)Nc1cc2c(cc1Cl)OCO2. The van der Waals surface area contributed by atoms with Crippen LogP contribution >= 0.6 is 11.6 Å². The molecule has 2 aromatic rings. The molecule has 3 aliphatic heterocycles. The van der Waals surface area contributed by atoms with Crippen LogP contribution in [0.15, 0.2) is 36.4 Å². The van der Waals surface area contributed by atoms with E-state index in [0.717, 1.165) is 38.0 Å². The Kier molecular flexibility index (Phi) is 5.70. The average Bonchev–Trinajstić information content (AvgIpc) is 3.26. The Labute approximate surface area is 191 Å². The summed E-state index contributed by atoms with van der Waals surface area (Å²) in [5.41, 5.74) is 1.23. The molecular formula is C23H24ClN3O5. The van der Waals surface area contributed by atoms with E-state index in [1.54, 1.807) is 12.1 Å². The molecule has 1 atom stereocenters. The van der Waals surface area contributed by atoms with Gasteiger partial charge in [0.1, 0.15) is 5.75 Å². The third-order valence-corrected chi connectivity index (χ3v) is 6.19. The van der Waals surface area contributed by atoms with Crippen molar-refractivity contribution in [2.45, 2.75) is 25.4 Å². The molecule has 0 aliphatic carbocycles. The molecule has 1 fully saturated rings. The van der Waals surface area contributed by atoms with Crippen LogP contribution in [0, 0.1) is 0 Å². The number of anilines is 2. The van der Waals surface area contributed by atoms with E-state index in [1.807, 2.05) is 34.1 Å². The fourth-order valence-electron chi connectivity index (χ4n) is 4.28. The number of carbonyl (C=O) groups excluding carboxylic acids is 2. The van der Waals surface area contributed by atoms with E-state index in [1.165, 1.54) is 0 Å². The summed E-state index contributed by atoms with van der Waals surface area (Å²) in [5.74, 6) is 1.40. The van der Waals surface area contributed by atoms with Crippen molar-refractivity contribution >= 4 is 34.8 Å². The number of hydrogen-bond donors (Lipinski definition) is 1. The topological polar surface area (TPSA) is 80.3 Å². The van der Waals surface area contributed by atoms with Gasteiger partial charge in [0.05, 0.1) is 29.5 Å². The first-order valence-corrected chi connectivity index (χ1v) is 11.1. The number of rotatable bonds is 4. The molecule has 5 rings (SSSR count). The Morgan fingerprint density at radius 2 is 1.78 bits per heavy atom. The number of halogens is 1. The van der Waals surface area contributed by atoms with Crippen LogP contribution in [-0.4, -0.2) is 55.8 Å². The van der Waals surface area contributed by atoms with Gasteiger partial charge in [0, 0.05) is 25.2 Å². The zero-order valence-corrected chi connectivity index (χ0v) is 18.3. The first kappa shape index (κ1) is 20.8. The van der Waals surface area contributed by atoms with Crippen LogP contribution in [0.25, 0.3) is 0 Å². The molecule has 8 nitrogen and oxygen atoms in total. The number of amides is 2. The Morgan fingerprint density at radius 1 is 1.03 bits per heavy atom. The normalized spacial score (nSPS) is 19.2. The molecule has 3 aliphatic rings. The van der Waals surface area contributed by atoms with Gasteiger partial charge in [-0.2, -0.15) is 0 Å². The summed E-state index contributed by atoms with van der Waals surface area (Å²) in [6.45, 7) is 1.98. The molecule has 0 aromatic heterocycles. The van der Waals surface area contributed by atoms with Gasteiger partial charge >= 0.3 is 0 Å². The molecule has 3 heterocycles. The average molecular weight is 458 g/mol. The van der Waals surface area contributed by atoms with Crippen molar-refractivity contribution in [3.8, 4) is 17.2 Å². The Bertz CT molecular complexity index is 1040. The van der Waals surface area contributed by atoms with E-state index in [4.69, 9.17) is 25.8 Å².